The fourth-order valence-electron chi connectivity index (χ4n) is 3.94. The summed E-state index contributed by atoms with van der Waals surface area (Å²) in [6.45, 7) is 5.10. The van der Waals surface area contributed by atoms with E-state index in [1.54, 1.807) is 15.9 Å². The van der Waals surface area contributed by atoms with Crippen LogP contribution in [0.15, 0.2) is 55.1 Å². The number of anilines is 1. The molecule has 0 radical (unpaired) electrons. The molecule has 1 aliphatic heterocycles. The number of hydrogen-bond donors (Lipinski definition) is 1. The number of piperidine rings is 1. The monoisotopic (exact) mass is 403 g/mol. The van der Waals surface area contributed by atoms with Crippen molar-refractivity contribution in [3.63, 3.8) is 0 Å². The fourth-order valence-corrected chi connectivity index (χ4v) is 3.94. The molecule has 7 heteroatoms. The Balaban J connectivity index is 1.40. The lowest BCUT2D eigenvalue weighted by Crippen LogP contribution is -2.43. The zero-order valence-corrected chi connectivity index (χ0v) is 17.2. The number of rotatable bonds is 4. The van der Waals surface area contributed by atoms with E-state index in [4.69, 9.17) is 0 Å². The van der Waals surface area contributed by atoms with Gasteiger partial charge in [-0.3, -0.25) is 9.59 Å². The predicted molar refractivity (Wildman–Crippen MR) is 115 cm³/mol. The maximum atomic E-state index is 13.0. The molecule has 1 aliphatic rings. The van der Waals surface area contributed by atoms with Gasteiger partial charge < -0.3 is 10.2 Å². The molecule has 1 aromatic heterocycles. The Morgan fingerprint density at radius 3 is 2.47 bits per heavy atom. The summed E-state index contributed by atoms with van der Waals surface area (Å²) in [6, 6.07) is 13.3. The van der Waals surface area contributed by atoms with Gasteiger partial charge in [-0.05, 0) is 63.1 Å². The fraction of sp³-hybridized carbons (Fsp3) is 0.304. The van der Waals surface area contributed by atoms with Crippen molar-refractivity contribution < 1.29 is 9.59 Å². The number of carbonyl (C=O) groups is 2. The molecule has 1 atom stereocenters. The van der Waals surface area contributed by atoms with Crippen molar-refractivity contribution in [3.8, 4) is 5.69 Å². The molecule has 3 aromatic rings. The number of hydrogen-bond acceptors (Lipinski definition) is 4. The van der Waals surface area contributed by atoms with E-state index >= 15 is 0 Å². The Kier molecular flexibility index (Phi) is 5.61. The third-order valence-electron chi connectivity index (χ3n) is 5.37. The average molecular weight is 403 g/mol. The van der Waals surface area contributed by atoms with E-state index in [1.165, 1.54) is 6.33 Å². The third kappa shape index (κ3) is 4.40. The number of carbonyl (C=O) groups excluding carboxylic acids is 2. The summed E-state index contributed by atoms with van der Waals surface area (Å²) in [5.74, 6) is -0.276. The largest absolute Gasteiger partial charge is 0.338 e. The van der Waals surface area contributed by atoms with Gasteiger partial charge in [0.05, 0.1) is 11.6 Å². The average Bonchev–Trinajstić information content (AvgIpc) is 3.28. The molecule has 30 heavy (non-hydrogen) atoms. The summed E-state index contributed by atoms with van der Waals surface area (Å²) >= 11 is 0. The molecule has 7 nitrogen and oxygen atoms in total. The summed E-state index contributed by atoms with van der Waals surface area (Å²) in [6.07, 6.45) is 4.69. The highest BCUT2D eigenvalue weighted by molar-refractivity contribution is 5.96. The van der Waals surface area contributed by atoms with E-state index in [9.17, 15) is 9.59 Å². The van der Waals surface area contributed by atoms with E-state index < -0.39 is 0 Å². The quantitative estimate of drug-likeness (QED) is 0.724. The van der Waals surface area contributed by atoms with Crippen molar-refractivity contribution in [1.29, 1.82) is 0 Å². The van der Waals surface area contributed by atoms with Gasteiger partial charge >= 0.3 is 0 Å². The summed E-state index contributed by atoms with van der Waals surface area (Å²) < 4.78 is 1.66. The van der Waals surface area contributed by atoms with Crippen molar-refractivity contribution in [3.05, 3.63) is 71.8 Å². The van der Waals surface area contributed by atoms with E-state index in [-0.39, 0.29) is 17.7 Å². The molecule has 2 heterocycles. The molecular formula is C23H25N5O2. The second-order valence-corrected chi connectivity index (χ2v) is 7.84. The Labute approximate surface area is 175 Å². The minimum atomic E-state index is -0.219. The molecule has 2 amide bonds. The van der Waals surface area contributed by atoms with Gasteiger partial charge in [0.2, 0.25) is 5.91 Å². The summed E-state index contributed by atoms with van der Waals surface area (Å²) in [5, 5.41) is 7.07. The first-order valence-electron chi connectivity index (χ1n) is 10.1. The van der Waals surface area contributed by atoms with Crippen LogP contribution in [0.25, 0.3) is 5.69 Å². The standard InChI is InChI=1S/C23H25N5O2/c1-16-10-17(2)12-19(11-16)23(30)27-9-3-4-18(13-27)22(29)26-20-5-7-21(8-6-20)28-15-24-14-25-28/h5-8,10-12,14-15,18H,3-4,9,13H2,1-2H3,(H,26,29). The van der Waals surface area contributed by atoms with Gasteiger partial charge in [0.15, 0.2) is 0 Å². The van der Waals surface area contributed by atoms with Crippen molar-refractivity contribution in [1.82, 2.24) is 19.7 Å². The molecule has 2 aromatic carbocycles. The summed E-state index contributed by atoms with van der Waals surface area (Å²) in [4.78, 5) is 31.5. The van der Waals surface area contributed by atoms with Gasteiger partial charge in [0.25, 0.3) is 5.91 Å². The molecule has 1 unspecified atom stereocenters. The Morgan fingerprint density at radius 1 is 1.07 bits per heavy atom. The van der Waals surface area contributed by atoms with Crippen LogP contribution in [0.5, 0.6) is 0 Å². The number of nitrogens with one attached hydrogen (secondary N) is 1. The van der Waals surface area contributed by atoms with Gasteiger partial charge in [0.1, 0.15) is 12.7 Å². The molecule has 0 saturated carbocycles. The first-order chi connectivity index (χ1) is 14.5. The molecule has 0 spiro atoms. The second-order valence-electron chi connectivity index (χ2n) is 7.84. The SMILES string of the molecule is Cc1cc(C)cc(C(=O)N2CCCC(C(=O)Nc3ccc(-n4cncn4)cc3)C2)c1. The van der Waals surface area contributed by atoms with E-state index in [0.717, 1.165) is 35.3 Å². The van der Waals surface area contributed by atoms with Crippen LogP contribution >= 0.6 is 0 Å². The zero-order chi connectivity index (χ0) is 21.1. The highest BCUT2D eigenvalue weighted by Crippen LogP contribution is 2.22. The molecule has 1 N–H and O–H groups in total. The van der Waals surface area contributed by atoms with E-state index in [0.29, 0.717) is 18.7 Å². The number of nitrogens with zero attached hydrogens (tertiary/aromatic N) is 4. The van der Waals surface area contributed by atoms with Gasteiger partial charge in [0, 0.05) is 24.3 Å². The molecule has 154 valence electrons. The molecule has 0 aliphatic carbocycles. The number of amides is 2. The van der Waals surface area contributed by atoms with Crippen LogP contribution in [0.1, 0.15) is 34.3 Å². The van der Waals surface area contributed by atoms with Gasteiger partial charge in [-0.2, -0.15) is 5.10 Å². The van der Waals surface area contributed by atoms with Gasteiger partial charge in [-0.25, -0.2) is 9.67 Å². The third-order valence-corrected chi connectivity index (χ3v) is 5.37. The maximum Gasteiger partial charge on any atom is 0.253 e. The number of benzene rings is 2. The maximum absolute atomic E-state index is 13.0. The zero-order valence-electron chi connectivity index (χ0n) is 17.2. The lowest BCUT2D eigenvalue weighted by Gasteiger charge is -2.32. The van der Waals surface area contributed by atoms with Crippen molar-refractivity contribution in [2.45, 2.75) is 26.7 Å². The number of aryl methyl sites for hydroxylation is 2. The van der Waals surface area contributed by atoms with Crippen LogP contribution in [0.4, 0.5) is 5.69 Å². The van der Waals surface area contributed by atoms with Crippen molar-refractivity contribution in [2.75, 3.05) is 18.4 Å². The Bertz CT molecular complexity index is 1020. The summed E-state index contributed by atoms with van der Waals surface area (Å²) in [7, 11) is 0. The normalized spacial score (nSPS) is 16.3. The summed E-state index contributed by atoms with van der Waals surface area (Å²) in [5.41, 5.74) is 4.42. The number of aromatic nitrogens is 3. The number of likely N-dealkylation sites (tertiary alicyclic amines) is 1. The highest BCUT2D eigenvalue weighted by atomic mass is 16.2. The smallest absolute Gasteiger partial charge is 0.253 e. The highest BCUT2D eigenvalue weighted by Gasteiger charge is 2.29. The lowest BCUT2D eigenvalue weighted by atomic mass is 9.96. The first-order valence-corrected chi connectivity index (χ1v) is 10.1. The minimum absolute atomic E-state index is 0.00325. The van der Waals surface area contributed by atoms with Crippen molar-refractivity contribution in [2.24, 2.45) is 5.92 Å². The van der Waals surface area contributed by atoms with Crippen LogP contribution in [-0.2, 0) is 4.79 Å². The molecule has 1 saturated heterocycles. The van der Waals surface area contributed by atoms with Crippen LogP contribution in [0.3, 0.4) is 0 Å². The topological polar surface area (TPSA) is 80.1 Å². The van der Waals surface area contributed by atoms with E-state index in [2.05, 4.69) is 21.5 Å². The van der Waals surface area contributed by atoms with Crippen LogP contribution in [-0.4, -0.2) is 44.6 Å². The van der Waals surface area contributed by atoms with Gasteiger partial charge in [-0.1, -0.05) is 17.2 Å². The van der Waals surface area contributed by atoms with Crippen LogP contribution in [0.2, 0.25) is 0 Å². The second kappa shape index (κ2) is 8.49. The molecule has 0 bridgehead atoms. The van der Waals surface area contributed by atoms with Crippen molar-refractivity contribution >= 4 is 17.5 Å². The van der Waals surface area contributed by atoms with Gasteiger partial charge in [-0.15, -0.1) is 0 Å². The van der Waals surface area contributed by atoms with Crippen LogP contribution in [0, 0.1) is 19.8 Å². The Morgan fingerprint density at radius 2 is 1.80 bits per heavy atom. The lowest BCUT2D eigenvalue weighted by molar-refractivity contribution is -0.121. The Hall–Kier alpha value is -3.48. The van der Waals surface area contributed by atoms with Crippen LogP contribution < -0.4 is 5.32 Å². The molecule has 1 fully saturated rings. The minimum Gasteiger partial charge on any atom is -0.338 e. The van der Waals surface area contributed by atoms with E-state index in [1.807, 2.05) is 50.2 Å². The molecule has 4 rings (SSSR count). The molecular weight excluding hydrogens is 378 g/mol. The first kappa shape index (κ1) is 19.8. The predicted octanol–water partition coefficient (Wildman–Crippen LogP) is 3.38.